The molecule has 2 aromatic rings. The van der Waals surface area contributed by atoms with E-state index in [1.807, 2.05) is 30.0 Å². The van der Waals surface area contributed by atoms with Crippen molar-refractivity contribution in [1.29, 1.82) is 0 Å². The van der Waals surface area contributed by atoms with Crippen molar-refractivity contribution in [2.75, 3.05) is 19.6 Å². The number of H-pyrrole nitrogens is 1. The number of carbonyl (C=O) groups is 2. The molecule has 150 valence electrons. The molecule has 5 nitrogen and oxygen atoms in total. The van der Waals surface area contributed by atoms with Crippen LogP contribution in [0.2, 0.25) is 0 Å². The van der Waals surface area contributed by atoms with E-state index in [1.54, 1.807) is 4.90 Å². The van der Waals surface area contributed by atoms with E-state index in [4.69, 9.17) is 0 Å². The summed E-state index contributed by atoms with van der Waals surface area (Å²) in [7, 11) is 0. The lowest BCUT2D eigenvalue weighted by molar-refractivity contribution is -0.166. The standard InChI is InChI=1S/C23H31N3O2/c1-4-6-9-16(5-2)14-25-15-20(27)26-13-12-18-17-10-7-8-11-19(17)24-21(18)23(26,3)22(25)28/h7-8,10-11,16,24H,4-6,9,12-15H2,1-3H3/t16-,23+/m1/s1. The lowest BCUT2D eigenvalue weighted by Gasteiger charge is -2.50. The molecule has 0 bridgehead atoms. The topological polar surface area (TPSA) is 56.4 Å². The van der Waals surface area contributed by atoms with Gasteiger partial charge in [-0.15, -0.1) is 0 Å². The Bertz CT molecular complexity index is 902. The number of unbranched alkanes of at least 4 members (excludes halogenated alkanes) is 1. The number of nitrogens with zero attached hydrogens (tertiary/aromatic N) is 2. The summed E-state index contributed by atoms with van der Waals surface area (Å²) in [4.78, 5) is 33.8. The van der Waals surface area contributed by atoms with Crippen molar-refractivity contribution in [1.82, 2.24) is 14.8 Å². The lowest BCUT2D eigenvalue weighted by Crippen LogP contribution is -2.67. The maximum Gasteiger partial charge on any atom is 0.254 e. The van der Waals surface area contributed by atoms with Gasteiger partial charge in [0.25, 0.3) is 5.91 Å². The summed E-state index contributed by atoms with van der Waals surface area (Å²) in [6, 6.07) is 8.19. The highest BCUT2D eigenvalue weighted by Gasteiger charge is 2.54. The molecule has 1 saturated heterocycles. The van der Waals surface area contributed by atoms with E-state index < -0.39 is 5.54 Å². The van der Waals surface area contributed by atoms with Crippen molar-refractivity contribution >= 4 is 22.7 Å². The van der Waals surface area contributed by atoms with Crippen LogP contribution in [-0.2, 0) is 21.5 Å². The predicted molar refractivity (Wildman–Crippen MR) is 111 cm³/mol. The van der Waals surface area contributed by atoms with Crippen LogP contribution in [0.5, 0.6) is 0 Å². The fourth-order valence-electron chi connectivity index (χ4n) is 5.06. The van der Waals surface area contributed by atoms with Gasteiger partial charge in [0.1, 0.15) is 0 Å². The molecule has 5 heteroatoms. The molecular weight excluding hydrogens is 350 g/mol. The second-order valence-corrected chi connectivity index (χ2v) is 8.49. The highest BCUT2D eigenvalue weighted by Crippen LogP contribution is 2.42. The number of fused-ring (bicyclic) bond motifs is 5. The molecule has 1 aromatic heterocycles. The van der Waals surface area contributed by atoms with Crippen LogP contribution in [0.3, 0.4) is 0 Å². The third-order valence-corrected chi connectivity index (χ3v) is 6.78. The minimum absolute atomic E-state index is 0.0644. The molecule has 2 amide bonds. The summed E-state index contributed by atoms with van der Waals surface area (Å²) < 4.78 is 0. The van der Waals surface area contributed by atoms with Crippen LogP contribution in [0, 0.1) is 5.92 Å². The van der Waals surface area contributed by atoms with Crippen LogP contribution in [0.15, 0.2) is 24.3 Å². The Morgan fingerprint density at radius 1 is 1.21 bits per heavy atom. The summed E-state index contributed by atoms with van der Waals surface area (Å²) in [5, 5.41) is 1.17. The highest BCUT2D eigenvalue weighted by atomic mass is 16.2. The highest BCUT2D eigenvalue weighted by molar-refractivity contribution is 6.00. The number of para-hydroxylation sites is 1. The Labute approximate surface area is 167 Å². The molecule has 4 rings (SSSR count). The fraction of sp³-hybridized carbons (Fsp3) is 0.565. The largest absolute Gasteiger partial charge is 0.356 e. The quantitative estimate of drug-likeness (QED) is 0.827. The summed E-state index contributed by atoms with van der Waals surface area (Å²) in [6.45, 7) is 7.81. The third kappa shape index (κ3) is 2.83. The van der Waals surface area contributed by atoms with Crippen LogP contribution in [0.1, 0.15) is 57.7 Å². The number of hydrogen-bond donors (Lipinski definition) is 1. The van der Waals surface area contributed by atoms with Crippen LogP contribution in [0.25, 0.3) is 10.9 Å². The smallest absolute Gasteiger partial charge is 0.254 e. The molecule has 0 spiro atoms. The maximum atomic E-state index is 13.7. The molecule has 0 aliphatic carbocycles. The van der Waals surface area contributed by atoms with E-state index in [0.717, 1.165) is 36.9 Å². The molecule has 2 aliphatic heterocycles. The zero-order valence-corrected chi connectivity index (χ0v) is 17.3. The molecular formula is C23H31N3O2. The van der Waals surface area contributed by atoms with Crippen molar-refractivity contribution in [3.63, 3.8) is 0 Å². The van der Waals surface area contributed by atoms with Gasteiger partial charge >= 0.3 is 0 Å². The Kier molecular flexibility index (Phi) is 4.94. The van der Waals surface area contributed by atoms with Gasteiger partial charge in [-0.1, -0.05) is 51.3 Å². The summed E-state index contributed by atoms with van der Waals surface area (Å²) >= 11 is 0. The van der Waals surface area contributed by atoms with Gasteiger partial charge < -0.3 is 14.8 Å². The summed E-state index contributed by atoms with van der Waals surface area (Å²) in [6.07, 6.45) is 5.28. The van der Waals surface area contributed by atoms with Crippen molar-refractivity contribution in [3.8, 4) is 0 Å². The van der Waals surface area contributed by atoms with E-state index in [1.165, 1.54) is 17.4 Å². The van der Waals surface area contributed by atoms with E-state index in [0.29, 0.717) is 19.0 Å². The van der Waals surface area contributed by atoms with Crippen LogP contribution in [-0.4, -0.2) is 46.2 Å². The van der Waals surface area contributed by atoms with E-state index in [9.17, 15) is 9.59 Å². The molecule has 3 heterocycles. The van der Waals surface area contributed by atoms with Gasteiger partial charge in [0.15, 0.2) is 5.54 Å². The number of aromatic nitrogens is 1. The van der Waals surface area contributed by atoms with E-state index in [-0.39, 0.29) is 18.4 Å². The van der Waals surface area contributed by atoms with Gasteiger partial charge in [-0.3, -0.25) is 9.59 Å². The number of nitrogens with one attached hydrogen (secondary N) is 1. The third-order valence-electron chi connectivity index (χ3n) is 6.78. The van der Waals surface area contributed by atoms with Crippen LogP contribution < -0.4 is 0 Å². The van der Waals surface area contributed by atoms with E-state index in [2.05, 4.69) is 24.9 Å². The minimum atomic E-state index is -0.926. The van der Waals surface area contributed by atoms with Gasteiger partial charge in [0.05, 0.1) is 12.2 Å². The maximum absolute atomic E-state index is 13.7. The molecule has 0 radical (unpaired) electrons. The number of benzene rings is 1. The first-order valence-corrected chi connectivity index (χ1v) is 10.7. The second kappa shape index (κ2) is 7.26. The SMILES string of the molecule is CCCC[C@@H](CC)CN1CC(=O)N2CCc3c([nH]c4ccccc34)[C@@]2(C)C1=O. The zero-order chi connectivity index (χ0) is 19.9. The molecule has 1 N–H and O–H groups in total. The van der Waals surface area contributed by atoms with Gasteiger partial charge in [-0.2, -0.15) is 0 Å². The van der Waals surface area contributed by atoms with Crippen molar-refractivity contribution < 1.29 is 9.59 Å². The van der Waals surface area contributed by atoms with Crippen molar-refractivity contribution in [2.24, 2.45) is 5.92 Å². The molecule has 2 atom stereocenters. The van der Waals surface area contributed by atoms with Crippen molar-refractivity contribution in [2.45, 2.75) is 58.4 Å². The van der Waals surface area contributed by atoms with Crippen LogP contribution in [0.4, 0.5) is 0 Å². The molecule has 2 aliphatic rings. The number of rotatable bonds is 6. The van der Waals surface area contributed by atoms with Gasteiger partial charge in [0, 0.05) is 24.0 Å². The second-order valence-electron chi connectivity index (χ2n) is 8.49. The number of piperazine rings is 1. The molecule has 0 unspecified atom stereocenters. The Hall–Kier alpha value is -2.30. The average molecular weight is 382 g/mol. The summed E-state index contributed by atoms with van der Waals surface area (Å²) in [5.41, 5.74) is 2.22. The van der Waals surface area contributed by atoms with Gasteiger partial charge in [-0.05, 0) is 37.3 Å². The molecule has 1 aromatic carbocycles. The number of amides is 2. The first-order valence-electron chi connectivity index (χ1n) is 10.7. The molecule has 1 fully saturated rings. The first kappa shape index (κ1) is 19.0. The predicted octanol–water partition coefficient (Wildman–Crippen LogP) is 3.83. The lowest BCUT2D eigenvalue weighted by atomic mass is 9.83. The number of aromatic amines is 1. The van der Waals surface area contributed by atoms with Crippen LogP contribution >= 0.6 is 0 Å². The monoisotopic (exact) mass is 381 g/mol. The molecule has 0 saturated carbocycles. The molecule has 28 heavy (non-hydrogen) atoms. The first-order chi connectivity index (χ1) is 13.5. The Morgan fingerprint density at radius 3 is 2.75 bits per heavy atom. The minimum Gasteiger partial charge on any atom is -0.356 e. The van der Waals surface area contributed by atoms with E-state index >= 15 is 0 Å². The number of hydrogen-bond acceptors (Lipinski definition) is 2. The van der Waals surface area contributed by atoms with Crippen molar-refractivity contribution in [3.05, 3.63) is 35.5 Å². The normalized spacial score (nSPS) is 23.1. The number of carbonyl (C=O) groups excluding carboxylic acids is 2. The summed E-state index contributed by atoms with van der Waals surface area (Å²) in [5.74, 6) is 0.587. The zero-order valence-electron chi connectivity index (χ0n) is 17.3. The average Bonchev–Trinajstić information content (AvgIpc) is 3.09. The fourth-order valence-corrected chi connectivity index (χ4v) is 5.06. The van der Waals surface area contributed by atoms with Gasteiger partial charge in [0.2, 0.25) is 5.91 Å². The Balaban J connectivity index is 1.71. The Morgan fingerprint density at radius 2 is 2.00 bits per heavy atom. The van der Waals surface area contributed by atoms with Gasteiger partial charge in [-0.25, -0.2) is 0 Å².